The van der Waals surface area contributed by atoms with Crippen molar-refractivity contribution in [3.63, 3.8) is 0 Å². The van der Waals surface area contributed by atoms with E-state index < -0.39 is 46.8 Å². The third-order valence-electron chi connectivity index (χ3n) is 5.87. The lowest BCUT2D eigenvalue weighted by atomic mass is 9.65. The van der Waals surface area contributed by atoms with Gasteiger partial charge in [0.15, 0.2) is 6.17 Å². The van der Waals surface area contributed by atoms with E-state index in [4.69, 9.17) is 10.00 Å². The van der Waals surface area contributed by atoms with Gasteiger partial charge in [-0.05, 0) is 54.6 Å². The largest absolute Gasteiger partial charge is 0.361 e. The van der Waals surface area contributed by atoms with Crippen LogP contribution < -0.4 is 4.90 Å². The van der Waals surface area contributed by atoms with Crippen molar-refractivity contribution in [1.82, 2.24) is 0 Å². The molecule has 3 aliphatic heterocycles. The van der Waals surface area contributed by atoms with E-state index >= 15 is 0 Å². The Morgan fingerprint density at radius 3 is 2.46 bits per heavy atom. The second-order valence-electron chi connectivity index (χ2n) is 7.22. The SMILES string of the molecule is C[C@]12O[C@](C)([C@@H]3C(=O)N(c4ccc(C#N)c(I)c4)C(=O)[C@@H]31)C(O)(O)[C@H]2F. The fraction of sp³-hybridized carbons (Fsp3) is 0.471. The quantitative estimate of drug-likeness (QED) is 0.356. The number of anilines is 1. The number of benzene rings is 1. The van der Waals surface area contributed by atoms with Gasteiger partial charge in [0.25, 0.3) is 0 Å². The molecule has 3 aliphatic rings. The minimum absolute atomic E-state index is 0.251. The van der Waals surface area contributed by atoms with Gasteiger partial charge in [0.05, 0.1) is 23.1 Å². The molecule has 2 amide bonds. The van der Waals surface area contributed by atoms with E-state index in [2.05, 4.69) is 0 Å². The first-order valence-electron chi connectivity index (χ1n) is 7.87. The molecule has 0 aromatic heterocycles. The third-order valence-corrected chi connectivity index (χ3v) is 6.76. The molecule has 9 heteroatoms. The van der Waals surface area contributed by atoms with E-state index in [1.165, 1.54) is 32.0 Å². The van der Waals surface area contributed by atoms with Crippen LogP contribution in [0.25, 0.3) is 0 Å². The van der Waals surface area contributed by atoms with Gasteiger partial charge >= 0.3 is 0 Å². The number of nitrogens with zero attached hydrogens (tertiary/aromatic N) is 2. The number of nitriles is 1. The van der Waals surface area contributed by atoms with E-state index in [9.17, 15) is 24.2 Å². The summed E-state index contributed by atoms with van der Waals surface area (Å²) in [6.07, 6.45) is -2.24. The molecular weight excluding hydrogens is 458 g/mol. The number of imide groups is 1. The molecule has 1 aromatic carbocycles. The first-order valence-corrected chi connectivity index (χ1v) is 8.95. The Morgan fingerprint density at radius 1 is 1.27 bits per heavy atom. The smallest absolute Gasteiger partial charge is 0.240 e. The summed E-state index contributed by atoms with van der Waals surface area (Å²) in [5, 5.41) is 29.5. The van der Waals surface area contributed by atoms with Crippen LogP contribution in [-0.4, -0.2) is 45.2 Å². The molecule has 0 spiro atoms. The summed E-state index contributed by atoms with van der Waals surface area (Å²) in [6, 6.07) is 6.46. The zero-order valence-electron chi connectivity index (χ0n) is 13.7. The molecule has 0 saturated carbocycles. The Balaban J connectivity index is 1.83. The zero-order valence-corrected chi connectivity index (χ0v) is 15.9. The first-order chi connectivity index (χ1) is 12.0. The highest BCUT2D eigenvalue weighted by molar-refractivity contribution is 14.1. The average Bonchev–Trinajstić information content (AvgIpc) is 3.04. The van der Waals surface area contributed by atoms with Crippen LogP contribution in [0.15, 0.2) is 18.2 Å². The van der Waals surface area contributed by atoms with Crippen LogP contribution in [0.5, 0.6) is 0 Å². The fourth-order valence-electron chi connectivity index (χ4n) is 4.54. The van der Waals surface area contributed by atoms with Crippen molar-refractivity contribution in [3.8, 4) is 6.07 Å². The number of ether oxygens (including phenoxy) is 1. The number of halogens is 2. The molecule has 2 N–H and O–H groups in total. The first kappa shape index (κ1) is 17.8. The zero-order chi connectivity index (χ0) is 19.2. The van der Waals surface area contributed by atoms with Crippen molar-refractivity contribution >= 4 is 40.1 Å². The molecule has 2 bridgehead atoms. The van der Waals surface area contributed by atoms with Gasteiger partial charge < -0.3 is 14.9 Å². The van der Waals surface area contributed by atoms with Gasteiger partial charge in [0.2, 0.25) is 17.6 Å². The summed E-state index contributed by atoms with van der Waals surface area (Å²) in [7, 11) is 0. The predicted octanol–water partition coefficient (Wildman–Crippen LogP) is 0.849. The van der Waals surface area contributed by atoms with Crippen molar-refractivity contribution in [2.24, 2.45) is 11.8 Å². The second kappa shape index (κ2) is 5.01. The summed E-state index contributed by atoms with van der Waals surface area (Å²) < 4.78 is 20.8. The van der Waals surface area contributed by atoms with Crippen LogP contribution in [0.3, 0.4) is 0 Å². The van der Waals surface area contributed by atoms with Gasteiger partial charge in [0, 0.05) is 3.57 Å². The number of carbonyl (C=O) groups is 2. The Morgan fingerprint density at radius 2 is 1.88 bits per heavy atom. The van der Waals surface area contributed by atoms with E-state index in [-0.39, 0.29) is 5.69 Å². The molecule has 0 unspecified atom stereocenters. The maximum Gasteiger partial charge on any atom is 0.240 e. The number of carbonyl (C=O) groups excluding carboxylic acids is 2. The molecule has 1 aromatic rings. The minimum Gasteiger partial charge on any atom is -0.361 e. The van der Waals surface area contributed by atoms with Crippen LogP contribution in [0.2, 0.25) is 0 Å². The lowest BCUT2D eigenvalue weighted by Gasteiger charge is -2.40. The summed E-state index contributed by atoms with van der Waals surface area (Å²) in [6.45, 7) is 2.53. The van der Waals surface area contributed by atoms with Gasteiger partial charge in [-0.2, -0.15) is 5.26 Å². The number of fused-ring (bicyclic) bond motifs is 5. The number of amides is 2. The summed E-state index contributed by atoms with van der Waals surface area (Å²) in [4.78, 5) is 26.9. The summed E-state index contributed by atoms with van der Waals surface area (Å²) in [5.74, 6) is -6.57. The molecule has 136 valence electrons. The van der Waals surface area contributed by atoms with E-state index in [1.807, 2.05) is 28.7 Å². The molecule has 0 aliphatic carbocycles. The fourth-order valence-corrected chi connectivity index (χ4v) is 5.16. The highest BCUT2D eigenvalue weighted by Crippen LogP contribution is 2.64. The van der Waals surface area contributed by atoms with Crippen molar-refractivity contribution in [2.75, 3.05) is 4.90 Å². The summed E-state index contributed by atoms with van der Waals surface area (Å²) >= 11 is 1.92. The standard InChI is InChI=1S/C17H14FIN2O5/c1-15-10-11(16(2,26-15)17(24,25)14(15)18)13(23)21(12(10)22)8-4-3-7(6-20)9(19)5-8/h3-5,10-11,14,24-25H,1-2H3/t10-,11+,14+,15+,16-/m1/s1. The molecule has 3 saturated heterocycles. The van der Waals surface area contributed by atoms with Gasteiger partial charge in [0.1, 0.15) is 17.3 Å². The Bertz CT molecular complexity index is 915. The molecule has 26 heavy (non-hydrogen) atoms. The van der Waals surface area contributed by atoms with Crippen LogP contribution in [0.1, 0.15) is 19.4 Å². The molecule has 0 radical (unpaired) electrons. The van der Waals surface area contributed by atoms with Crippen LogP contribution in [0.4, 0.5) is 10.1 Å². The molecular formula is C17H14FIN2O5. The van der Waals surface area contributed by atoms with Gasteiger partial charge in [-0.3, -0.25) is 9.59 Å². The average molecular weight is 472 g/mol. The predicted molar refractivity (Wildman–Crippen MR) is 93.3 cm³/mol. The third kappa shape index (κ3) is 1.76. The van der Waals surface area contributed by atoms with Gasteiger partial charge in [-0.1, -0.05) is 0 Å². The lowest BCUT2D eigenvalue weighted by molar-refractivity contribution is -0.266. The van der Waals surface area contributed by atoms with Gasteiger partial charge in [-0.15, -0.1) is 0 Å². The van der Waals surface area contributed by atoms with E-state index in [1.54, 1.807) is 0 Å². The van der Waals surface area contributed by atoms with Crippen LogP contribution in [0, 0.1) is 26.7 Å². The van der Waals surface area contributed by atoms with Crippen LogP contribution in [-0.2, 0) is 14.3 Å². The topological polar surface area (TPSA) is 111 Å². The normalized spacial score (nSPS) is 40.0. The lowest BCUT2D eigenvalue weighted by Crippen LogP contribution is -2.64. The maximum atomic E-state index is 14.7. The van der Waals surface area contributed by atoms with E-state index in [0.29, 0.717) is 9.13 Å². The minimum atomic E-state index is -2.88. The van der Waals surface area contributed by atoms with Crippen molar-refractivity contribution in [3.05, 3.63) is 27.3 Å². The van der Waals surface area contributed by atoms with Crippen molar-refractivity contribution < 1.29 is 28.9 Å². The van der Waals surface area contributed by atoms with Crippen molar-refractivity contribution in [2.45, 2.75) is 37.0 Å². The van der Waals surface area contributed by atoms with Crippen LogP contribution >= 0.6 is 22.6 Å². The monoisotopic (exact) mass is 472 g/mol. The molecule has 7 nitrogen and oxygen atoms in total. The molecule has 5 atom stereocenters. The molecule has 3 fully saturated rings. The molecule has 4 rings (SSSR count). The Hall–Kier alpha value is -1.61. The highest BCUT2D eigenvalue weighted by Gasteiger charge is 2.85. The number of aliphatic hydroxyl groups is 2. The number of hydrogen-bond acceptors (Lipinski definition) is 6. The number of alkyl halides is 1. The van der Waals surface area contributed by atoms with Gasteiger partial charge in [-0.25, -0.2) is 9.29 Å². The molecule has 3 heterocycles. The number of hydrogen-bond donors (Lipinski definition) is 2. The maximum absolute atomic E-state index is 14.7. The second-order valence-corrected chi connectivity index (χ2v) is 8.39. The summed E-state index contributed by atoms with van der Waals surface area (Å²) in [5.41, 5.74) is -3.11. The highest BCUT2D eigenvalue weighted by atomic mass is 127. The Labute approximate surface area is 161 Å². The Kier molecular flexibility index (Phi) is 3.43. The van der Waals surface area contributed by atoms with Crippen molar-refractivity contribution in [1.29, 1.82) is 5.26 Å². The number of rotatable bonds is 1. The van der Waals surface area contributed by atoms with E-state index in [0.717, 1.165) is 4.90 Å².